The van der Waals surface area contributed by atoms with Crippen molar-refractivity contribution in [3.8, 4) is 0 Å². The molecule has 0 bridgehead atoms. The van der Waals surface area contributed by atoms with Gasteiger partial charge in [0.15, 0.2) is 5.82 Å². The van der Waals surface area contributed by atoms with Gasteiger partial charge in [-0.2, -0.15) is 4.80 Å². The number of thiazole rings is 1. The van der Waals surface area contributed by atoms with Gasteiger partial charge in [-0.05, 0) is 19.1 Å². The summed E-state index contributed by atoms with van der Waals surface area (Å²) in [6, 6.07) is 0. The minimum Gasteiger partial charge on any atom is -0.299 e. The van der Waals surface area contributed by atoms with Crippen molar-refractivity contribution in [2.75, 3.05) is 0 Å². The van der Waals surface area contributed by atoms with Crippen LogP contribution in [0.4, 0.5) is 0 Å². The molecule has 0 fully saturated rings. The van der Waals surface area contributed by atoms with Crippen molar-refractivity contribution in [2.24, 2.45) is 7.05 Å². The van der Waals surface area contributed by atoms with Crippen molar-refractivity contribution in [1.82, 2.24) is 30.5 Å². The molecule has 0 unspecified atom stereocenters. The Balaban J connectivity index is 2.00. The Hall–Kier alpha value is -1.34. The smallest absolute Gasteiger partial charge is 0.188 e. The fourth-order valence-electron chi connectivity index (χ4n) is 1.30. The van der Waals surface area contributed by atoms with Gasteiger partial charge < -0.3 is 0 Å². The summed E-state index contributed by atoms with van der Waals surface area (Å²) in [4.78, 5) is 5.75. The van der Waals surface area contributed by atoms with Gasteiger partial charge in [-0.1, -0.05) is 0 Å². The van der Waals surface area contributed by atoms with E-state index in [-0.39, 0.29) is 5.54 Å². The highest BCUT2D eigenvalue weighted by atomic mass is 32.1. The summed E-state index contributed by atoms with van der Waals surface area (Å²) in [5.74, 6) is 0.687. The van der Waals surface area contributed by atoms with Crippen LogP contribution in [0.1, 0.15) is 24.7 Å². The van der Waals surface area contributed by atoms with Crippen LogP contribution in [0, 0.1) is 0 Å². The predicted octanol–water partition coefficient (Wildman–Crippen LogP) is 0.691. The van der Waals surface area contributed by atoms with Crippen molar-refractivity contribution in [3.05, 3.63) is 22.4 Å². The van der Waals surface area contributed by atoms with Gasteiger partial charge in [0.1, 0.15) is 5.01 Å². The van der Waals surface area contributed by atoms with E-state index in [1.54, 1.807) is 18.4 Å². The molecule has 0 aromatic carbocycles. The molecule has 2 heterocycles. The average molecular weight is 238 g/mol. The van der Waals surface area contributed by atoms with Crippen LogP contribution in [0.3, 0.4) is 0 Å². The molecule has 7 heteroatoms. The third-order valence-corrected chi connectivity index (χ3v) is 3.30. The third kappa shape index (κ3) is 2.42. The van der Waals surface area contributed by atoms with Gasteiger partial charge in [0.05, 0.1) is 19.1 Å². The first-order valence-corrected chi connectivity index (χ1v) is 5.84. The molecule has 0 aliphatic carbocycles. The Kier molecular flexibility index (Phi) is 2.97. The van der Waals surface area contributed by atoms with Crippen molar-refractivity contribution < 1.29 is 0 Å². The van der Waals surface area contributed by atoms with Gasteiger partial charge in [-0.25, -0.2) is 4.98 Å². The molecule has 2 aromatic rings. The summed E-state index contributed by atoms with van der Waals surface area (Å²) in [5, 5.41) is 18.2. The standard InChI is InChI=1S/C9H14N6S/c1-9(2,8-10-4-5-16-8)11-6-7-12-14-15(3)13-7/h4-5,11H,6H2,1-3H3. The monoisotopic (exact) mass is 238 g/mol. The number of aryl methyl sites for hydroxylation is 1. The summed E-state index contributed by atoms with van der Waals surface area (Å²) >= 11 is 1.63. The minimum absolute atomic E-state index is 0.173. The molecule has 0 saturated carbocycles. The molecule has 0 amide bonds. The Morgan fingerprint density at radius 2 is 2.31 bits per heavy atom. The fourth-order valence-corrected chi connectivity index (χ4v) is 2.04. The quantitative estimate of drug-likeness (QED) is 0.848. The topological polar surface area (TPSA) is 68.5 Å². The van der Waals surface area contributed by atoms with E-state index in [9.17, 15) is 0 Å². The normalized spacial score (nSPS) is 11.9. The Morgan fingerprint density at radius 1 is 1.50 bits per heavy atom. The van der Waals surface area contributed by atoms with Gasteiger partial charge in [-0.15, -0.1) is 21.5 Å². The molecule has 0 radical (unpaired) electrons. The summed E-state index contributed by atoms with van der Waals surface area (Å²) in [5.41, 5.74) is -0.173. The lowest BCUT2D eigenvalue weighted by atomic mass is 10.1. The molecule has 16 heavy (non-hydrogen) atoms. The average Bonchev–Trinajstić information content (AvgIpc) is 2.85. The molecule has 2 aromatic heterocycles. The maximum absolute atomic E-state index is 4.30. The lowest BCUT2D eigenvalue weighted by Gasteiger charge is -2.22. The number of nitrogens with one attached hydrogen (secondary N) is 1. The van der Waals surface area contributed by atoms with E-state index in [0.717, 1.165) is 5.01 Å². The Bertz CT molecular complexity index is 446. The lowest BCUT2D eigenvalue weighted by Crippen LogP contribution is -2.36. The number of hydrogen-bond donors (Lipinski definition) is 1. The SMILES string of the molecule is Cn1nnc(CNC(C)(C)c2nccs2)n1. The number of hydrogen-bond acceptors (Lipinski definition) is 6. The summed E-state index contributed by atoms with van der Waals surface area (Å²) in [6.45, 7) is 4.75. The van der Waals surface area contributed by atoms with Crippen LogP contribution in [-0.2, 0) is 19.1 Å². The zero-order valence-corrected chi connectivity index (χ0v) is 10.3. The molecule has 86 valence electrons. The zero-order chi connectivity index (χ0) is 11.6. The highest BCUT2D eigenvalue weighted by Crippen LogP contribution is 2.21. The molecular weight excluding hydrogens is 224 g/mol. The summed E-state index contributed by atoms with van der Waals surface area (Å²) in [6.07, 6.45) is 1.81. The van der Waals surface area contributed by atoms with Crippen LogP contribution in [0.25, 0.3) is 0 Å². The van der Waals surface area contributed by atoms with Crippen LogP contribution in [0.15, 0.2) is 11.6 Å². The van der Waals surface area contributed by atoms with E-state index in [0.29, 0.717) is 12.4 Å². The number of tetrazole rings is 1. The Labute approximate surface area is 97.7 Å². The second kappa shape index (κ2) is 4.26. The molecule has 0 aliphatic heterocycles. The van der Waals surface area contributed by atoms with E-state index < -0.39 is 0 Å². The first-order valence-electron chi connectivity index (χ1n) is 4.96. The largest absolute Gasteiger partial charge is 0.299 e. The van der Waals surface area contributed by atoms with Gasteiger partial charge in [0, 0.05) is 11.6 Å². The van der Waals surface area contributed by atoms with Crippen LogP contribution in [0.2, 0.25) is 0 Å². The highest BCUT2D eigenvalue weighted by Gasteiger charge is 2.22. The van der Waals surface area contributed by atoms with E-state index >= 15 is 0 Å². The zero-order valence-electron chi connectivity index (χ0n) is 9.51. The molecular formula is C9H14N6S. The van der Waals surface area contributed by atoms with Crippen molar-refractivity contribution >= 4 is 11.3 Å². The second-order valence-electron chi connectivity index (χ2n) is 4.01. The molecule has 0 saturated heterocycles. The maximum Gasteiger partial charge on any atom is 0.188 e. The predicted molar refractivity (Wildman–Crippen MR) is 60.8 cm³/mol. The third-order valence-electron chi connectivity index (χ3n) is 2.21. The minimum atomic E-state index is -0.173. The molecule has 0 spiro atoms. The lowest BCUT2D eigenvalue weighted by molar-refractivity contribution is 0.393. The Morgan fingerprint density at radius 3 is 2.88 bits per heavy atom. The van der Waals surface area contributed by atoms with E-state index in [1.165, 1.54) is 4.80 Å². The van der Waals surface area contributed by atoms with Gasteiger partial charge in [0.25, 0.3) is 0 Å². The number of rotatable bonds is 4. The van der Waals surface area contributed by atoms with Crippen molar-refractivity contribution in [3.63, 3.8) is 0 Å². The second-order valence-corrected chi connectivity index (χ2v) is 4.91. The summed E-state index contributed by atoms with van der Waals surface area (Å²) in [7, 11) is 1.75. The fraction of sp³-hybridized carbons (Fsp3) is 0.556. The van der Waals surface area contributed by atoms with Gasteiger partial charge in [-0.3, -0.25) is 5.32 Å². The molecule has 1 N–H and O–H groups in total. The molecule has 0 atom stereocenters. The van der Waals surface area contributed by atoms with E-state index in [4.69, 9.17) is 0 Å². The van der Waals surface area contributed by atoms with Gasteiger partial charge >= 0.3 is 0 Å². The number of aromatic nitrogens is 5. The maximum atomic E-state index is 4.30. The van der Waals surface area contributed by atoms with E-state index in [1.807, 2.05) is 11.6 Å². The van der Waals surface area contributed by atoms with Crippen LogP contribution >= 0.6 is 11.3 Å². The van der Waals surface area contributed by atoms with E-state index in [2.05, 4.69) is 39.6 Å². The molecule has 2 rings (SSSR count). The van der Waals surface area contributed by atoms with Crippen molar-refractivity contribution in [1.29, 1.82) is 0 Å². The van der Waals surface area contributed by atoms with Crippen LogP contribution in [-0.4, -0.2) is 25.2 Å². The van der Waals surface area contributed by atoms with Crippen LogP contribution < -0.4 is 5.32 Å². The van der Waals surface area contributed by atoms with Crippen molar-refractivity contribution in [2.45, 2.75) is 25.9 Å². The van der Waals surface area contributed by atoms with Crippen LogP contribution in [0.5, 0.6) is 0 Å². The highest BCUT2D eigenvalue weighted by molar-refractivity contribution is 7.09. The number of nitrogens with zero attached hydrogens (tertiary/aromatic N) is 5. The molecule has 0 aliphatic rings. The first-order chi connectivity index (χ1) is 7.58. The van der Waals surface area contributed by atoms with Gasteiger partial charge in [0.2, 0.25) is 0 Å². The summed E-state index contributed by atoms with van der Waals surface area (Å²) < 4.78 is 0. The first kappa shape index (κ1) is 11.2. The molecule has 6 nitrogen and oxygen atoms in total.